The van der Waals surface area contributed by atoms with E-state index in [1.54, 1.807) is 46.3 Å². The average molecular weight is 493 g/mol. The largest absolute Gasteiger partial charge is 0.493 e. The Kier molecular flexibility index (Phi) is 6.17. The highest BCUT2D eigenvalue weighted by Crippen LogP contribution is 2.49. The van der Waals surface area contributed by atoms with Crippen LogP contribution in [0, 0.1) is 0 Å². The third-order valence-corrected chi connectivity index (χ3v) is 6.77. The maximum atomic E-state index is 13.8. The van der Waals surface area contributed by atoms with Crippen molar-refractivity contribution < 1.29 is 28.5 Å². The highest BCUT2D eigenvalue weighted by molar-refractivity contribution is 6.00. The summed E-state index contributed by atoms with van der Waals surface area (Å²) in [5, 5.41) is 7.78. The summed E-state index contributed by atoms with van der Waals surface area (Å²) in [6, 6.07) is 8.92. The Hall–Kier alpha value is -4.21. The van der Waals surface area contributed by atoms with Gasteiger partial charge in [0.05, 0.1) is 35.5 Å². The van der Waals surface area contributed by atoms with Gasteiger partial charge < -0.3 is 29.0 Å². The van der Waals surface area contributed by atoms with Crippen molar-refractivity contribution in [3.05, 3.63) is 59.1 Å². The van der Waals surface area contributed by atoms with Gasteiger partial charge in [0, 0.05) is 23.3 Å². The fourth-order valence-corrected chi connectivity index (χ4v) is 5.12. The molecule has 10 heteroatoms. The molecule has 0 spiro atoms. The molecule has 10 nitrogen and oxygen atoms in total. The van der Waals surface area contributed by atoms with Crippen LogP contribution in [-0.2, 0) is 4.79 Å². The summed E-state index contributed by atoms with van der Waals surface area (Å²) in [5.41, 5.74) is 3.18. The summed E-state index contributed by atoms with van der Waals surface area (Å²) < 4.78 is 29.4. The van der Waals surface area contributed by atoms with E-state index in [2.05, 4.69) is 15.4 Å². The molecule has 1 aromatic heterocycles. The van der Waals surface area contributed by atoms with Gasteiger partial charge in [0.15, 0.2) is 28.8 Å². The molecule has 36 heavy (non-hydrogen) atoms. The molecule has 0 bridgehead atoms. The zero-order valence-corrected chi connectivity index (χ0v) is 20.8. The molecule has 0 saturated heterocycles. The van der Waals surface area contributed by atoms with Gasteiger partial charge in [-0.3, -0.25) is 4.79 Å². The maximum Gasteiger partial charge on any atom is 0.226 e. The number of fused-ring (bicyclic) bond motifs is 1. The van der Waals surface area contributed by atoms with E-state index in [0.717, 1.165) is 16.8 Å². The second kappa shape index (κ2) is 9.44. The van der Waals surface area contributed by atoms with E-state index in [1.807, 2.05) is 24.3 Å². The Morgan fingerprint density at radius 2 is 1.58 bits per heavy atom. The number of hydrogen-bond donors (Lipinski definition) is 1. The quantitative estimate of drug-likeness (QED) is 0.528. The summed E-state index contributed by atoms with van der Waals surface area (Å²) in [6.45, 7) is 0. The van der Waals surface area contributed by atoms with E-state index < -0.39 is 6.04 Å². The molecule has 1 aliphatic carbocycles. The summed E-state index contributed by atoms with van der Waals surface area (Å²) in [5.74, 6) is 3.27. The molecule has 2 atom stereocenters. The molecule has 0 saturated carbocycles. The van der Waals surface area contributed by atoms with E-state index >= 15 is 0 Å². The first-order chi connectivity index (χ1) is 17.5. The molecule has 2 heterocycles. The number of carbonyl (C=O) groups is 1. The molecule has 1 aliphatic heterocycles. The molecule has 0 fully saturated rings. The topological polar surface area (TPSA) is 106 Å². The smallest absolute Gasteiger partial charge is 0.226 e. The Morgan fingerprint density at radius 3 is 2.28 bits per heavy atom. The number of nitrogens with one attached hydrogen (secondary N) is 1. The van der Waals surface area contributed by atoms with Gasteiger partial charge in [-0.15, -0.1) is 0 Å². The van der Waals surface area contributed by atoms with Gasteiger partial charge in [0.1, 0.15) is 12.4 Å². The summed E-state index contributed by atoms with van der Waals surface area (Å²) >= 11 is 0. The number of hydrogen-bond acceptors (Lipinski definition) is 9. The molecule has 3 aromatic rings. The van der Waals surface area contributed by atoms with E-state index in [4.69, 9.17) is 23.7 Å². The summed E-state index contributed by atoms with van der Waals surface area (Å²) in [4.78, 5) is 18.2. The number of benzene rings is 2. The number of ether oxygens (including phenoxy) is 5. The zero-order valence-electron chi connectivity index (χ0n) is 20.8. The van der Waals surface area contributed by atoms with Crippen molar-refractivity contribution in [3.63, 3.8) is 0 Å². The van der Waals surface area contributed by atoms with Gasteiger partial charge in [-0.1, -0.05) is 6.07 Å². The molecule has 5 rings (SSSR count). The number of ketones is 1. The predicted octanol–water partition coefficient (Wildman–Crippen LogP) is 3.74. The molecule has 0 amide bonds. The van der Waals surface area contributed by atoms with Gasteiger partial charge in [-0.25, -0.2) is 4.68 Å². The number of carbonyl (C=O) groups excluding carboxylic acids is 1. The lowest BCUT2D eigenvalue weighted by atomic mass is 9.77. The molecule has 188 valence electrons. The highest BCUT2D eigenvalue weighted by Gasteiger charge is 2.41. The first kappa shape index (κ1) is 23.5. The number of nitrogens with zero attached hydrogens (tertiary/aromatic N) is 3. The van der Waals surface area contributed by atoms with Crippen molar-refractivity contribution in [1.29, 1.82) is 0 Å². The monoisotopic (exact) mass is 492 g/mol. The molecule has 1 N–H and O–H groups in total. The van der Waals surface area contributed by atoms with Crippen molar-refractivity contribution in [3.8, 4) is 28.7 Å². The first-order valence-corrected chi connectivity index (χ1v) is 11.5. The maximum absolute atomic E-state index is 13.8. The van der Waals surface area contributed by atoms with Gasteiger partial charge >= 0.3 is 0 Å². The van der Waals surface area contributed by atoms with Crippen molar-refractivity contribution >= 4 is 11.7 Å². The van der Waals surface area contributed by atoms with Crippen molar-refractivity contribution in [1.82, 2.24) is 14.8 Å². The third kappa shape index (κ3) is 3.69. The van der Waals surface area contributed by atoms with Crippen LogP contribution in [0.3, 0.4) is 0 Å². The number of anilines is 1. The Morgan fingerprint density at radius 1 is 0.861 bits per heavy atom. The van der Waals surface area contributed by atoms with Crippen LogP contribution in [0.15, 0.2) is 47.9 Å². The average Bonchev–Trinajstić information content (AvgIpc) is 3.38. The molecule has 0 unspecified atom stereocenters. The van der Waals surface area contributed by atoms with Gasteiger partial charge in [-0.2, -0.15) is 10.1 Å². The van der Waals surface area contributed by atoms with Crippen molar-refractivity contribution in [2.75, 3.05) is 40.9 Å². The van der Waals surface area contributed by atoms with Crippen LogP contribution in [0.1, 0.15) is 35.9 Å². The molecular formula is C26H28N4O6. The fraction of sp³-hybridized carbons (Fsp3) is 0.346. The van der Waals surface area contributed by atoms with Gasteiger partial charge in [-0.05, 0) is 42.2 Å². The summed E-state index contributed by atoms with van der Waals surface area (Å²) in [6.07, 6.45) is 2.43. The minimum Gasteiger partial charge on any atom is -0.493 e. The number of allylic oxidation sites excluding steroid dienone is 2. The van der Waals surface area contributed by atoms with Crippen LogP contribution in [-0.4, -0.2) is 56.1 Å². The zero-order chi connectivity index (χ0) is 25.4. The van der Waals surface area contributed by atoms with E-state index in [0.29, 0.717) is 53.1 Å². The van der Waals surface area contributed by atoms with Crippen LogP contribution in [0.4, 0.5) is 5.95 Å². The second-order valence-corrected chi connectivity index (χ2v) is 8.51. The lowest BCUT2D eigenvalue weighted by molar-refractivity contribution is -0.116. The molecule has 0 radical (unpaired) electrons. The van der Waals surface area contributed by atoms with Crippen LogP contribution in [0.5, 0.6) is 28.7 Å². The number of rotatable bonds is 7. The Bertz CT molecular complexity index is 1350. The lowest BCUT2D eigenvalue weighted by Crippen LogP contribution is -2.33. The number of Topliss-reactive ketones (excluding diaryl/α,β-unsaturated/α-hetero) is 1. The Labute approximate surface area is 208 Å². The Balaban J connectivity index is 1.61. The number of aromatic nitrogens is 3. The first-order valence-electron chi connectivity index (χ1n) is 11.5. The minimum atomic E-state index is -0.535. The predicted molar refractivity (Wildman–Crippen MR) is 131 cm³/mol. The van der Waals surface area contributed by atoms with Crippen LogP contribution >= 0.6 is 0 Å². The molecular weight excluding hydrogens is 464 g/mol. The molecule has 2 aliphatic rings. The third-order valence-electron chi connectivity index (χ3n) is 6.77. The van der Waals surface area contributed by atoms with Crippen molar-refractivity contribution in [2.45, 2.75) is 24.8 Å². The van der Waals surface area contributed by atoms with Crippen LogP contribution < -0.4 is 29.0 Å². The highest BCUT2D eigenvalue weighted by atomic mass is 16.5. The summed E-state index contributed by atoms with van der Waals surface area (Å²) in [7, 11) is 7.89. The normalized spacial score (nSPS) is 18.6. The van der Waals surface area contributed by atoms with E-state index in [9.17, 15) is 4.79 Å². The number of methoxy groups -OCH3 is 5. The van der Waals surface area contributed by atoms with Crippen molar-refractivity contribution in [2.24, 2.45) is 0 Å². The second-order valence-electron chi connectivity index (χ2n) is 8.51. The van der Waals surface area contributed by atoms with Crippen LogP contribution in [0.2, 0.25) is 0 Å². The van der Waals surface area contributed by atoms with E-state index in [1.165, 1.54) is 6.33 Å². The SMILES string of the molecule is COc1ccc([C@H]2CC(=O)C3=C(C2)Nc2ncnn2[C@H]3c2ccc(OC)c(OC)c2OC)cc1OC. The van der Waals surface area contributed by atoms with Crippen LogP contribution in [0.25, 0.3) is 0 Å². The minimum absolute atomic E-state index is 0.0199. The lowest BCUT2D eigenvalue weighted by Gasteiger charge is -2.35. The standard InChI is InChI=1S/C26H28N4O6/c1-32-19-8-6-14(12-21(19)34-3)15-10-17-22(18(31)11-15)23(30-26(29-17)27-13-28-30)16-7-9-20(33-2)25(36-5)24(16)35-4/h6-9,12-13,15,23H,10-11H2,1-5H3,(H,27,28,29)/t15-,23+/m1/s1. The fourth-order valence-electron chi connectivity index (χ4n) is 5.12. The molecule has 2 aromatic carbocycles. The van der Waals surface area contributed by atoms with Gasteiger partial charge in [0.2, 0.25) is 11.7 Å². The van der Waals surface area contributed by atoms with Gasteiger partial charge in [0.25, 0.3) is 0 Å². The van der Waals surface area contributed by atoms with E-state index in [-0.39, 0.29) is 11.7 Å².